The predicted octanol–water partition coefficient (Wildman–Crippen LogP) is 3.12. The van der Waals surface area contributed by atoms with E-state index in [0.717, 1.165) is 12.0 Å². The largest absolute Gasteiger partial charge is 0.355 e. The average molecular weight is 290 g/mol. The van der Waals surface area contributed by atoms with Crippen molar-refractivity contribution in [3.05, 3.63) is 29.8 Å². The maximum atomic E-state index is 12.3. The van der Waals surface area contributed by atoms with Crippen molar-refractivity contribution in [1.29, 1.82) is 0 Å². The zero-order chi connectivity index (χ0) is 16.0. The molecule has 0 aliphatic rings. The van der Waals surface area contributed by atoms with Gasteiger partial charge in [0.25, 0.3) is 0 Å². The maximum absolute atomic E-state index is 12.3. The lowest BCUT2D eigenvalue weighted by molar-refractivity contribution is -0.138. The van der Waals surface area contributed by atoms with Crippen LogP contribution in [0, 0.1) is 18.3 Å². The predicted molar refractivity (Wildman–Crippen MR) is 86.1 cm³/mol. The first-order valence-corrected chi connectivity index (χ1v) is 7.40. The summed E-state index contributed by atoms with van der Waals surface area (Å²) >= 11 is 0. The second-order valence-electron chi connectivity index (χ2n) is 6.39. The molecule has 0 unspecified atom stereocenters. The van der Waals surface area contributed by atoms with Gasteiger partial charge in [-0.3, -0.25) is 9.59 Å². The fourth-order valence-corrected chi connectivity index (χ4v) is 1.81. The normalized spacial score (nSPS) is 11.3. The van der Waals surface area contributed by atoms with E-state index in [1.54, 1.807) is 13.8 Å². The zero-order valence-electron chi connectivity index (χ0n) is 13.6. The standard InChI is InChI=1S/C17H26N2O2/c1-12(2)9-10-18-15(20)17(4,5)16(21)19-14-8-6-7-13(3)11-14/h6-8,11-12H,9-10H2,1-5H3,(H,18,20)(H,19,21). The van der Waals surface area contributed by atoms with E-state index >= 15 is 0 Å². The number of hydrogen-bond acceptors (Lipinski definition) is 2. The molecule has 4 heteroatoms. The van der Waals surface area contributed by atoms with Crippen molar-refractivity contribution in [2.75, 3.05) is 11.9 Å². The number of rotatable bonds is 6. The van der Waals surface area contributed by atoms with Crippen molar-refractivity contribution >= 4 is 17.5 Å². The first kappa shape index (κ1) is 17.2. The van der Waals surface area contributed by atoms with Crippen molar-refractivity contribution in [1.82, 2.24) is 5.32 Å². The summed E-state index contributed by atoms with van der Waals surface area (Å²) in [4.78, 5) is 24.5. The highest BCUT2D eigenvalue weighted by molar-refractivity contribution is 6.09. The van der Waals surface area contributed by atoms with Gasteiger partial charge >= 0.3 is 0 Å². The molecule has 4 nitrogen and oxygen atoms in total. The molecule has 0 aliphatic heterocycles. The minimum absolute atomic E-state index is 0.242. The molecule has 1 aromatic rings. The fourth-order valence-electron chi connectivity index (χ4n) is 1.81. The van der Waals surface area contributed by atoms with Crippen molar-refractivity contribution in [3.8, 4) is 0 Å². The molecule has 0 saturated heterocycles. The van der Waals surface area contributed by atoms with Crippen LogP contribution in [0.4, 0.5) is 5.69 Å². The number of carbonyl (C=O) groups is 2. The van der Waals surface area contributed by atoms with Crippen LogP contribution in [0.1, 0.15) is 39.7 Å². The summed E-state index contributed by atoms with van der Waals surface area (Å²) in [5.74, 6) is -0.0158. The number of hydrogen-bond donors (Lipinski definition) is 2. The average Bonchev–Trinajstić information content (AvgIpc) is 2.37. The number of aryl methyl sites for hydroxylation is 1. The van der Waals surface area contributed by atoms with E-state index in [2.05, 4.69) is 24.5 Å². The van der Waals surface area contributed by atoms with Gasteiger partial charge in [-0.2, -0.15) is 0 Å². The number of anilines is 1. The molecule has 0 bridgehead atoms. The van der Waals surface area contributed by atoms with Crippen LogP contribution >= 0.6 is 0 Å². The summed E-state index contributed by atoms with van der Waals surface area (Å²) in [5.41, 5.74) is 0.677. The summed E-state index contributed by atoms with van der Waals surface area (Å²) in [6, 6.07) is 7.53. The molecule has 1 rings (SSSR count). The highest BCUT2D eigenvalue weighted by atomic mass is 16.2. The molecule has 0 saturated carbocycles. The molecule has 0 spiro atoms. The number of benzene rings is 1. The first-order valence-electron chi connectivity index (χ1n) is 7.40. The molecule has 1 aromatic carbocycles. The molecule has 21 heavy (non-hydrogen) atoms. The molecule has 0 aliphatic carbocycles. The second-order valence-corrected chi connectivity index (χ2v) is 6.39. The fraction of sp³-hybridized carbons (Fsp3) is 0.529. The van der Waals surface area contributed by atoms with Gasteiger partial charge in [0, 0.05) is 12.2 Å². The van der Waals surface area contributed by atoms with E-state index in [1.165, 1.54) is 0 Å². The Kier molecular flexibility index (Phi) is 5.94. The Bertz CT molecular complexity index is 507. The zero-order valence-corrected chi connectivity index (χ0v) is 13.6. The maximum Gasteiger partial charge on any atom is 0.239 e. The molecule has 0 radical (unpaired) electrons. The summed E-state index contributed by atoms with van der Waals surface area (Å²) in [6.45, 7) is 10.0. The molecule has 2 amide bonds. The third-order valence-electron chi connectivity index (χ3n) is 3.42. The van der Waals surface area contributed by atoms with E-state index in [-0.39, 0.29) is 11.8 Å². The van der Waals surface area contributed by atoms with E-state index in [1.807, 2.05) is 31.2 Å². The lowest BCUT2D eigenvalue weighted by Crippen LogP contribution is -2.45. The van der Waals surface area contributed by atoms with Gasteiger partial charge in [0.2, 0.25) is 11.8 Å². The smallest absolute Gasteiger partial charge is 0.239 e. The van der Waals surface area contributed by atoms with Crippen LogP contribution in [0.2, 0.25) is 0 Å². The second kappa shape index (κ2) is 7.25. The van der Waals surface area contributed by atoms with E-state index < -0.39 is 5.41 Å². The van der Waals surface area contributed by atoms with Crippen molar-refractivity contribution in [2.24, 2.45) is 11.3 Å². The van der Waals surface area contributed by atoms with Crippen LogP contribution < -0.4 is 10.6 Å². The lowest BCUT2D eigenvalue weighted by atomic mass is 9.90. The molecule has 0 fully saturated rings. The van der Waals surface area contributed by atoms with Gasteiger partial charge in [0.05, 0.1) is 0 Å². The Hall–Kier alpha value is -1.84. The SMILES string of the molecule is Cc1cccc(NC(=O)C(C)(C)C(=O)NCCC(C)C)c1. The van der Waals surface area contributed by atoms with Crippen LogP contribution in [-0.4, -0.2) is 18.4 Å². The summed E-state index contributed by atoms with van der Waals surface area (Å²) in [5, 5.41) is 5.64. The van der Waals surface area contributed by atoms with Gasteiger partial charge in [-0.15, -0.1) is 0 Å². The van der Waals surface area contributed by atoms with Gasteiger partial charge in [0.15, 0.2) is 0 Å². The van der Waals surface area contributed by atoms with Crippen LogP contribution in [-0.2, 0) is 9.59 Å². The molecule has 0 atom stereocenters. The number of nitrogens with one attached hydrogen (secondary N) is 2. The molecule has 2 N–H and O–H groups in total. The Balaban J connectivity index is 2.63. The minimum Gasteiger partial charge on any atom is -0.355 e. The lowest BCUT2D eigenvalue weighted by Gasteiger charge is -2.23. The van der Waals surface area contributed by atoms with E-state index in [0.29, 0.717) is 18.2 Å². The van der Waals surface area contributed by atoms with Crippen LogP contribution in [0.15, 0.2) is 24.3 Å². The van der Waals surface area contributed by atoms with Gasteiger partial charge < -0.3 is 10.6 Å². The minimum atomic E-state index is -1.10. The molecule has 0 aromatic heterocycles. The van der Waals surface area contributed by atoms with Gasteiger partial charge in [-0.1, -0.05) is 26.0 Å². The van der Waals surface area contributed by atoms with Crippen LogP contribution in [0.5, 0.6) is 0 Å². The Morgan fingerprint density at radius 1 is 1.19 bits per heavy atom. The van der Waals surface area contributed by atoms with Crippen LogP contribution in [0.25, 0.3) is 0 Å². The van der Waals surface area contributed by atoms with E-state index in [4.69, 9.17) is 0 Å². The molecular weight excluding hydrogens is 264 g/mol. The van der Waals surface area contributed by atoms with Crippen LogP contribution in [0.3, 0.4) is 0 Å². The summed E-state index contributed by atoms with van der Waals surface area (Å²) in [7, 11) is 0. The monoisotopic (exact) mass is 290 g/mol. The van der Waals surface area contributed by atoms with Gasteiger partial charge in [-0.25, -0.2) is 0 Å². The van der Waals surface area contributed by atoms with Gasteiger partial charge in [-0.05, 0) is 50.8 Å². The molecule has 116 valence electrons. The van der Waals surface area contributed by atoms with Gasteiger partial charge in [0.1, 0.15) is 5.41 Å². The molecule has 0 heterocycles. The topological polar surface area (TPSA) is 58.2 Å². The Labute approximate surface area is 127 Å². The Morgan fingerprint density at radius 2 is 1.86 bits per heavy atom. The molecular formula is C17H26N2O2. The number of amides is 2. The quantitative estimate of drug-likeness (QED) is 0.791. The van der Waals surface area contributed by atoms with Crippen molar-refractivity contribution in [3.63, 3.8) is 0 Å². The van der Waals surface area contributed by atoms with E-state index in [9.17, 15) is 9.59 Å². The van der Waals surface area contributed by atoms with Crippen molar-refractivity contribution in [2.45, 2.75) is 41.0 Å². The third kappa shape index (κ3) is 5.21. The van der Waals surface area contributed by atoms with Crippen molar-refractivity contribution < 1.29 is 9.59 Å². The third-order valence-corrected chi connectivity index (χ3v) is 3.42. The highest BCUT2D eigenvalue weighted by Crippen LogP contribution is 2.19. The summed E-state index contributed by atoms with van der Waals surface area (Å²) in [6.07, 6.45) is 0.904. The number of carbonyl (C=O) groups excluding carboxylic acids is 2. The summed E-state index contributed by atoms with van der Waals surface area (Å²) < 4.78 is 0. The Morgan fingerprint density at radius 3 is 2.43 bits per heavy atom. The highest BCUT2D eigenvalue weighted by Gasteiger charge is 2.35. The first-order chi connectivity index (χ1) is 9.73.